The fourth-order valence-electron chi connectivity index (χ4n) is 5.13. The van der Waals surface area contributed by atoms with Crippen LogP contribution in [0.1, 0.15) is 54.0 Å². The Hall–Kier alpha value is -2.24. The Bertz CT molecular complexity index is 928. The molecule has 1 aromatic heterocycles. The van der Waals surface area contributed by atoms with Crippen molar-refractivity contribution < 1.29 is 5.11 Å². The summed E-state index contributed by atoms with van der Waals surface area (Å²) in [6, 6.07) is 8.74. The van der Waals surface area contributed by atoms with Crippen LogP contribution >= 0.6 is 0 Å². The Morgan fingerprint density at radius 1 is 1.22 bits per heavy atom. The Kier molecular flexibility index (Phi) is 3.85. The number of rotatable bonds is 2. The minimum Gasteiger partial charge on any atom is -0.390 e. The van der Waals surface area contributed by atoms with Crippen molar-refractivity contribution in [1.82, 2.24) is 9.97 Å². The van der Waals surface area contributed by atoms with Crippen LogP contribution in [0.4, 0.5) is 5.82 Å². The van der Waals surface area contributed by atoms with Gasteiger partial charge in [0.2, 0.25) is 0 Å². The Morgan fingerprint density at radius 3 is 2.74 bits per heavy atom. The summed E-state index contributed by atoms with van der Waals surface area (Å²) in [5, 5.41) is 9.86. The molecule has 5 nitrogen and oxygen atoms in total. The topological polar surface area (TPSA) is 75.3 Å². The second kappa shape index (κ2) is 6.14. The van der Waals surface area contributed by atoms with Crippen molar-refractivity contribution in [2.45, 2.75) is 45.3 Å². The predicted octanol–water partition coefficient (Wildman–Crippen LogP) is 2.77. The molecule has 3 N–H and O–H groups in total. The van der Waals surface area contributed by atoms with Crippen molar-refractivity contribution in [2.75, 3.05) is 18.0 Å². The maximum atomic E-state index is 9.86. The van der Waals surface area contributed by atoms with E-state index in [1.54, 1.807) is 0 Å². The first-order chi connectivity index (χ1) is 13.1. The highest BCUT2D eigenvalue weighted by atomic mass is 16.3. The van der Waals surface area contributed by atoms with Gasteiger partial charge in [0.1, 0.15) is 5.69 Å². The number of hydrogen-bond acceptors (Lipinski definition) is 5. The van der Waals surface area contributed by atoms with Gasteiger partial charge in [0.15, 0.2) is 5.82 Å². The molecular formula is C22H26N4O. The van der Waals surface area contributed by atoms with Gasteiger partial charge in [-0.2, -0.15) is 0 Å². The summed E-state index contributed by atoms with van der Waals surface area (Å²) >= 11 is 0. The number of aromatic nitrogens is 2. The van der Waals surface area contributed by atoms with Gasteiger partial charge in [-0.05, 0) is 48.3 Å². The third-order valence-corrected chi connectivity index (χ3v) is 6.80. The molecule has 0 amide bonds. The first kappa shape index (κ1) is 16.9. The summed E-state index contributed by atoms with van der Waals surface area (Å²) in [7, 11) is 0. The summed E-state index contributed by atoms with van der Waals surface area (Å²) in [5.74, 6) is 0.860. The zero-order valence-corrected chi connectivity index (χ0v) is 15.8. The van der Waals surface area contributed by atoms with Gasteiger partial charge in [-0.3, -0.25) is 0 Å². The molecule has 1 fully saturated rings. The highest BCUT2D eigenvalue weighted by molar-refractivity contribution is 5.68. The predicted molar refractivity (Wildman–Crippen MR) is 106 cm³/mol. The standard InChI is InChI=1S/C22H26N4O/c1-14-6-7-17-19(14)24-18(13-27)21(25-17)26-10-8-22(9-11-26)12-15-4-2-3-5-16(15)20(22)23/h2-6,20,27H,7-13,23H2,1H3/t20-/m1/s1. The maximum Gasteiger partial charge on any atom is 0.153 e. The quantitative estimate of drug-likeness (QED) is 0.859. The highest BCUT2D eigenvalue weighted by Crippen LogP contribution is 2.51. The van der Waals surface area contributed by atoms with E-state index in [0.717, 1.165) is 61.6 Å². The van der Waals surface area contributed by atoms with Crippen LogP contribution in [0.15, 0.2) is 30.3 Å². The van der Waals surface area contributed by atoms with Gasteiger partial charge in [0.05, 0.1) is 18.0 Å². The van der Waals surface area contributed by atoms with Crippen LogP contribution in [0, 0.1) is 5.41 Å². The molecular weight excluding hydrogens is 336 g/mol. The molecule has 1 atom stereocenters. The van der Waals surface area contributed by atoms with E-state index in [1.807, 2.05) is 0 Å². The van der Waals surface area contributed by atoms with Gasteiger partial charge in [-0.1, -0.05) is 30.3 Å². The number of benzene rings is 1. The molecule has 0 bridgehead atoms. The fraction of sp³-hybridized carbons (Fsp3) is 0.455. The maximum absolute atomic E-state index is 9.86. The summed E-state index contributed by atoms with van der Waals surface area (Å²) in [6.45, 7) is 3.81. The van der Waals surface area contributed by atoms with E-state index in [0.29, 0.717) is 5.69 Å². The van der Waals surface area contributed by atoms with Gasteiger partial charge >= 0.3 is 0 Å². The van der Waals surface area contributed by atoms with Gasteiger partial charge in [-0.25, -0.2) is 9.97 Å². The van der Waals surface area contributed by atoms with E-state index in [1.165, 1.54) is 11.1 Å². The Balaban J connectivity index is 1.39. The first-order valence-corrected chi connectivity index (χ1v) is 9.87. The van der Waals surface area contributed by atoms with Crippen LogP contribution in [0.25, 0.3) is 5.57 Å². The van der Waals surface area contributed by atoms with Crippen LogP contribution in [0.3, 0.4) is 0 Å². The number of nitrogens with zero attached hydrogens (tertiary/aromatic N) is 3. The number of aliphatic hydroxyl groups excluding tert-OH is 1. The van der Waals surface area contributed by atoms with E-state index < -0.39 is 0 Å². The van der Waals surface area contributed by atoms with Crippen LogP contribution in [0.5, 0.6) is 0 Å². The molecule has 1 aliphatic heterocycles. The lowest BCUT2D eigenvalue weighted by molar-refractivity contribution is 0.186. The average molecular weight is 362 g/mol. The second-order valence-electron chi connectivity index (χ2n) is 8.24. The van der Waals surface area contributed by atoms with E-state index in [9.17, 15) is 5.11 Å². The SMILES string of the molecule is CC1=CCc2nc(N3CCC4(CC3)Cc3ccccc3[C@H]4N)c(CO)nc21. The summed E-state index contributed by atoms with van der Waals surface area (Å²) in [5.41, 5.74) is 13.4. The van der Waals surface area contributed by atoms with E-state index >= 15 is 0 Å². The number of fused-ring (bicyclic) bond motifs is 2. The smallest absolute Gasteiger partial charge is 0.153 e. The molecule has 140 valence electrons. The van der Waals surface area contributed by atoms with Gasteiger partial charge in [-0.15, -0.1) is 0 Å². The average Bonchev–Trinajstić information content (AvgIpc) is 3.19. The van der Waals surface area contributed by atoms with Crippen molar-refractivity contribution >= 4 is 11.4 Å². The van der Waals surface area contributed by atoms with Crippen LogP contribution in [0.2, 0.25) is 0 Å². The number of anilines is 1. The molecule has 1 saturated heterocycles. The number of nitrogens with two attached hydrogens (primary N) is 1. The minimum absolute atomic E-state index is 0.0739. The van der Waals surface area contributed by atoms with Crippen molar-refractivity contribution in [3.8, 4) is 0 Å². The van der Waals surface area contributed by atoms with E-state index in [-0.39, 0.29) is 18.1 Å². The molecule has 3 aliphatic rings. The first-order valence-electron chi connectivity index (χ1n) is 9.87. The van der Waals surface area contributed by atoms with Crippen LogP contribution < -0.4 is 10.6 Å². The fourth-order valence-corrected chi connectivity index (χ4v) is 5.13. The van der Waals surface area contributed by atoms with Crippen molar-refractivity contribution in [2.24, 2.45) is 11.1 Å². The normalized spacial score (nSPS) is 22.7. The van der Waals surface area contributed by atoms with Crippen LogP contribution in [-0.2, 0) is 19.4 Å². The van der Waals surface area contributed by atoms with Gasteiger partial charge in [0.25, 0.3) is 0 Å². The molecule has 0 radical (unpaired) electrons. The third kappa shape index (κ3) is 2.52. The number of piperidine rings is 1. The molecule has 2 heterocycles. The molecule has 2 aliphatic carbocycles. The number of aliphatic hydroxyl groups is 1. The zero-order chi connectivity index (χ0) is 18.6. The van der Waals surface area contributed by atoms with Crippen LogP contribution in [-0.4, -0.2) is 28.2 Å². The number of allylic oxidation sites excluding steroid dienone is 2. The summed E-state index contributed by atoms with van der Waals surface area (Å²) < 4.78 is 0. The third-order valence-electron chi connectivity index (χ3n) is 6.80. The van der Waals surface area contributed by atoms with Gasteiger partial charge < -0.3 is 15.7 Å². The molecule has 0 saturated carbocycles. The minimum atomic E-state index is -0.0739. The Morgan fingerprint density at radius 2 is 2.00 bits per heavy atom. The van der Waals surface area contributed by atoms with E-state index in [2.05, 4.69) is 42.2 Å². The monoisotopic (exact) mass is 362 g/mol. The Labute approximate surface area is 159 Å². The van der Waals surface area contributed by atoms with Crippen molar-refractivity contribution in [3.05, 3.63) is 58.6 Å². The second-order valence-corrected chi connectivity index (χ2v) is 8.24. The summed E-state index contributed by atoms with van der Waals surface area (Å²) in [4.78, 5) is 11.9. The lowest BCUT2D eigenvalue weighted by Gasteiger charge is -2.43. The largest absolute Gasteiger partial charge is 0.390 e. The molecule has 0 unspecified atom stereocenters. The zero-order valence-electron chi connectivity index (χ0n) is 15.8. The van der Waals surface area contributed by atoms with Crippen molar-refractivity contribution in [3.63, 3.8) is 0 Å². The molecule has 27 heavy (non-hydrogen) atoms. The lowest BCUT2D eigenvalue weighted by Crippen LogP contribution is -2.45. The van der Waals surface area contributed by atoms with Crippen molar-refractivity contribution in [1.29, 1.82) is 0 Å². The molecule has 1 aromatic carbocycles. The number of hydrogen-bond donors (Lipinski definition) is 2. The summed E-state index contributed by atoms with van der Waals surface area (Å²) in [6.07, 6.45) is 6.16. The lowest BCUT2D eigenvalue weighted by atomic mass is 9.73. The van der Waals surface area contributed by atoms with E-state index in [4.69, 9.17) is 15.7 Å². The molecule has 5 heteroatoms. The van der Waals surface area contributed by atoms with Gasteiger partial charge in [0, 0.05) is 25.6 Å². The molecule has 1 spiro atoms. The molecule has 5 rings (SSSR count). The molecule has 2 aromatic rings. The highest BCUT2D eigenvalue weighted by Gasteiger charge is 2.46.